The van der Waals surface area contributed by atoms with Crippen molar-refractivity contribution in [3.8, 4) is 5.75 Å². The zero-order valence-corrected chi connectivity index (χ0v) is 18.8. The Morgan fingerprint density at radius 2 is 1.88 bits per heavy atom. The largest absolute Gasteiger partial charge is 0.497 e. The van der Waals surface area contributed by atoms with Gasteiger partial charge in [-0.1, -0.05) is 36.0 Å². The summed E-state index contributed by atoms with van der Waals surface area (Å²) in [4.78, 5) is 24.8. The predicted molar refractivity (Wildman–Crippen MR) is 125 cm³/mol. The lowest BCUT2D eigenvalue weighted by atomic mass is 10.2. The third-order valence-corrected chi connectivity index (χ3v) is 5.50. The van der Waals surface area contributed by atoms with Crippen molar-refractivity contribution < 1.29 is 14.3 Å². The molecule has 1 aromatic heterocycles. The van der Waals surface area contributed by atoms with E-state index in [0.717, 1.165) is 5.75 Å². The van der Waals surface area contributed by atoms with Gasteiger partial charge >= 0.3 is 0 Å². The minimum atomic E-state index is -0.377. The summed E-state index contributed by atoms with van der Waals surface area (Å²) < 4.78 is 6.96. The molecular formula is C23H25N5O3S. The predicted octanol–water partition coefficient (Wildman–Crippen LogP) is 3.69. The van der Waals surface area contributed by atoms with E-state index < -0.39 is 0 Å². The van der Waals surface area contributed by atoms with E-state index in [1.54, 1.807) is 49.6 Å². The zero-order chi connectivity index (χ0) is 22.9. The van der Waals surface area contributed by atoms with Crippen LogP contribution in [0.2, 0.25) is 0 Å². The van der Waals surface area contributed by atoms with Crippen LogP contribution >= 0.6 is 11.8 Å². The molecule has 3 rings (SSSR count). The fourth-order valence-corrected chi connectivity index (χ4v) is 3.72. The highest BCUT2D eigenvalue weighted by Gasteiger charge is 2.20. The number of nitrogens with one attached hydrogen (secondary N) is 2. The van der Waals surface area contributed by atoms with Gasteiger partial charge in [0.25, 0.3) is 5.91 Å². The number of anilines is 1. The lowest BCUT2D eigenvalue weighted by molar-refractivity contribution is -0.113. The SMILES string of the molecule is C=CCn1c(SCC(=O)Nc2ccc(OC)cc2)nnc1[C@H](C)NC(=O)c1ccccc1. The Labute approximate surface area is 191 Å². The van der Waals surface area contributed by atoms with Gasteiger partial charge in [0, 0.05) is 17.8 Å². The summed E-state index contributed by atoms with van der Waals surface area (Å²) in [7, 11) is 1.59. The van der Waals surface area contributed by atoms with Crippen LogP contribution in [0.1, 0.15) is 29.1 Å². The molecular weight excluding hydrogens is 426 g/mol. The number of hydrogen-bond acceptors (Lipinski definition) is 6. The number of aromatic nitrogens is 3. The highest BCUT2D eigenvalue weighted by molar-refractivity contribution is 7.99. The first kappa shape index (κ1) is 23.1. The van der Waals surface area contributed by atoms with E-state index in [2.05, 4.69) is 27.4 Å². The Kier molecular flexibility index (Phi) is 8.04. The van der Waals surface area contributed by atoms with Crippen molar-refractivity contribution in [3.05, 3.63) is 78.6 Å². The Balaban J connectivity index is 1.63. The van der Waals surface area contributed by atoms with Crippen LogP contribution in [0.25, 0.3) is 0 Å². The molecule has 166 valence electrons. The number of carbonyl (C=O) groups is 2. The highest BCUT2D eigenvalue weighted by atomic mass is 32.2. The van der Waals surface area contributed by atoms with Crippen LogP contribution in [0.3, 0.4) is 0 Å². The molecule has 0 aliphatic heterocycles. The second kappa shape index (κ2) is 11.1. The molecule has 1 atom stereocenters. The summed E-state index contributed by atoms with van der Waals surface area (Å²) >= 11 is 1.27. The number of thioether (sulfide) groups is 1. The van der Waals surface area contributed by atoms with E-state index in [1.165, 1.54) is 11.8 Å². The Morgan fingerprint density at radius 3 is 2.53 bits per heavy atom. The topological polar surface area (TPSA) is 98.1 Å². The second-order valence-corrected chi connectivity index (χ2v) is 7.81. The molecule has 32 heavy (non-hydrogen) atoms. The van der Waals surface area contributed by atoms with Crippen molar-refractivity contribution in [1.29, 1.82) is 0 Å². The number of carbonyl (C=O) groups excluding carboxylic acids is 2. The molecule has 3 aromatic rings. The van der Waals surface area contributed by atoms with Crippen LogP contribution in [-0.4, -0.2) is 39.4 Å². The van der Waals surface area contributed by atoms with Gasteiger partial charge in [-0.3, -0.25) is 9.59 Å². The quantitative estimate of drug-likeness (QED) is 0.360. The average molecular weight is 452 g/mol. The molecule has 1 heterocycles. The first-order valence-electron chi connectivity index (χ1n) is 9.98. The molecule has 0 saturated heterocycles. The Bertz CT molecular complexity index is 1070. The van der Waals surface area contributed by atoms with Crippen molar-refractivity contribution in [3.63, 3.8) is 0 Å². The number of nitrogens with zero attached hydrogens (tertiary/aromatic N) is 3. The van der Waals surface area contributed by atoms with Crippen molar-refractivity contribution >= 4 is 29.3 Å². The van der Waals surface area contributed by atoms with Gasteiger partial charge in [-0.15, -0.1) is 16.8 Å². The van der Waals surface area contributed by atoms with E-state index in [0.29, 0.717) is 28.8 Å². The molecule has 0 unspecified atom stereocenters. The molecule has 0 bridgehead atoms. The number of amides is 2. The van der Waals surface area contributed by atoms with E-state index in [-0.39, 0.29) is 23.6 Å². The fourth-order valence-electron chi connectivity index (χ4n) is 2.96. The summed E-state index contributed by atoms with van der Waals surface area (Å²) in [6.45, 7) is 6.09. The summed E-state index contributed by atoms with van der Waals surface area (Å²) in [6, 6.07) is 15.7. The van der Waals surface area contributed by atoms with Gasteiger partial charge in [-0.2, -0.15) is 0 Å². The van der Waals surface area contributed by atoms with Gasteiger partial charge in [0.05, 0.1) is 18.9 Å². The number of methoxy groups -OCH3 is 1. The fraction of sp³-hybridized carbons (Fsp3) is 0.217. The molecule has 2 N–H and O–H groups in total. The summed E-state index contributed by atoms with van der Waals surface area (Å²) in [5, 5.41) is 14.8. The Morgan fingerprint density at radius 1 is 1.16 bits per heavy atom. The molecule has 2 amide bonds. The highest BCUT2D eigenvalue weighted by Crippen LogP contribution is 2.22. The number of benzene rings is 2. The monoisotopic (exact) mass is 451 g/mol. The molecule has 2 aromatic carbocycles. The van der Waals surface area contributed by atoms with Gasteiger partial charge in [-0.05, 0) is 43.3 Å². The lowest BCUT2D eigenvalue weighted by Crippen LogP contribution is -2.28. The van der Waals surface area contributed by atoms with Crippen LogP contribution in [0, 0.1) is 0 Å². The maximum atomic E-state index is 12.5. The third kappa shape index (κ3) is 5.98. The number of hydrogen-bond donors (Lipinski definition) is 2. The maximum Gasteiger partial charge on any atom is 0.251 e. The molecule has 0 fully saturated rings. The maximum absolute atomic E-state index is 12.5. The van der Waals surface area contributed by atoms with Gasteiger partial charge in [0.1, 0.15) is 5.75 Å². The van der Waals surface area contributed by atoms with E-state index >= 15 is 0 Å². The smallest absolute Gasteiger partial charge is 0.251 e. The zero-order valence-electron chi connectivity index (χ0n) is 17.9. The van der Waals surface area contributed by atoms with Crippen LogP contribution in [-0.2, 0) is 11.3 Å². The summed E-state index contributed by atoms with van der Waals surface area (Å²) in [6.07, 6.45) is 1.72. The van der Waals surface area contributed by atoms with Crippen LogP contribution in [0.15, 0.2) is 72.4 Å². The normalized spacial score (nSPS) is 11.4. The minimum absolute atomic E-state index is 0.159. The lowest BCUT2D eigenvalue weighted by Gasteiger charge is -2.15. The molecule has 0 radical (unpaired) electrons. The van der Waals surface area contributed by atoms with Gasteiger partial charge in [0.15, 0.2) is 11.0 Å². The van der Waals surface area contributed by atoms with Crippen molar-refractivity contribution in [2.45, 2.75) is 24.7 Å². The van der Waals surface area contributed by atoms with Crippen LogP contribution < -0.4 is 15.4 Å². The molecule has 0 saturated carbocycles. The van der Waals surface area contributed by atoms with Crippen LogP contribution in [0.5, 0.6) is 5.75 Å². The number of allylic oxidation sites excluding steroid dienone is 1. The van der Waals surface area contributed by atoms with Gasteiger partial charge < -0.3 is 19.9 Å². The molecule has 9 heteroatoms. The minimum Gasteiger partial charge on any atom is -0.497 e. The summed E-state index contributed by atoms with van der Waals surface area (Å²) in [5.41, 5.74) is 1.25. The Hall–Kier alpha value is -3.59. The third-order valence-electron chi connectivity index (χ3n) is 4.53. The van der Waals surface area contributed by atoms with Gasteiger partial charge in [-0.25, -0.2) is 0 Å². The van der Waals surface area contributed by atoms with E-state index in [9.17, 15) is 9.59 Å². The second-order valence-electron chi connectivity index (χ2n) is 6.87. The molecule has 0 aliphatic rings. The molecule has 0 spiro atoms. The molecule has 8 nitrogen and oxygen atoms in total. The first-order chi connectivity index (χ1) is 15.5. The van der Waals surface area contributed by atoms with Crippen molar-refractivity contribution in [2.24, 2.45) is 0 Å². The van der Waals surface area contributed by atoms with E-state index in [1.807, 2.05) is 29.7 Å². The van der Waals surface area contributed by atoms with Crippen molar-refractivity contribution in [2.75, 3.05) is 18.2 Å². The first-order valence-corrected chi connectivity index (χ1v) is 11.0. The van der Waals surface area contributed by atoms with E-state index in [4.69, 9.17) is 4.74 Å². The number of rotatable bonds is 10. The van der Waals surface area contributed by atoms with Crippen molar-refractivity contribution in [1.82, 2.24) is 20.1 Å². The number of ether oxygens (including phenoxy) is 1. The summed E-state index contributed by atoms with van der Waals surface area (Å²) in [5.74, 6) is 1.11. The van der Waals surface area contributed by atoms with Gasteiger partial charge in [0.2, 0.25) is 5.91 Å². The average Bonchev–Trinajstić information content (AvgIpc) is 3.21. The van der Waals surface area contributed by atoms with Crippen LogP contribution in [0.4, 0.5) is 5.69 Å². The standard InChI is InChI=1S/C23H25N5O3S/c1-4-14-28-21(16(2)24-22(30)17-8-6-5-7-9-17)26-27-23(28)32-15-20(29)25-18-10-12-19(31-3)13-11-18/h4-13,16H,1,14-15H2,2-3H3,(H,24,30)(H,25,29)/t16-/m0/s1. The molecule has 0 aliphatic carbocycles.